The number of hydrogen-bond donors (Lipinski definition) is 0. The fourth-order valence-electron chi connectivity index (χ4n) is 3.03. The number of hydrogen-bond acceptors (Lipinski definition) is 4. The lowest BCUT2D eigenvalue weighted by atomic mass is 9.93. The Balaban J connectivity index is 1.68. The zero-order valence-corrected chi connectivity index (χ0v) is 18.0. The van der Waals surface area contributed by atoms with Crippen molar-refractivity contribution < 1.29 is 19.1 Å². The molecular formula is C21H31ClN2O4. The molecule has 0 radical (unpaired) electrons. The third-order valence-electron chi connectivity index (χ3n) is 4.65. The summed E-state index contributed by atoms with van der Waals surface area (Å²) < 4.78 is 11.1. The number of rotatable bonds is 6. The van der Waals surface area contributed by atoms with E-state index in [4.69, 9.17) is 21.1 Å². The summed E-state index contributed by atoms with van der Waals surface area (Å²) in [6.07, 6.45) is 1.86. The smallest absolute Gasteiger partial charge is 0.410 e. The van der Waals surface area contributed by atoms with Gasteiger partial charge in [-0.3, -0.25) is 4.79 Å². The van der Waals surface area contributed by atoms with E-state index in [0.717, 1.165) is 12.8 Å². The molecular weight excluding hydrogens is 380 g/mol. The van der Waals surface area contributed by atoms with Gasteiger partial charge in [0.2, 0.25) is 5.91 Å². The lowest BCUT2D eigenvalue weighted by Gasteiger charge is -2.33. The van der Waals surface area contributed by atoms with E-state index in [1.807, 2.05) is 32.9 Å². The van der Waals surface area contributed by atoms with Crippen LogP contribution >= 0.6 is 11.6 Å². The highest BCUT2D eigenvalue weighted by atomic mass is 35.5. The Morgan fingerprint density at radius 2 is 1.93 bits per heavy atom. The molecule has 0 aliphatic carbocycles. The van der Waals surface area contributed by atoms with Crippen LogP contribution in [0.3, 0.4) is 0 Å². The van der Waals surface area contributed by atoms with Crippen LogP contribution in [0, 0.1) is 5.92 Å². The van der Waals surface area contributed by atoms with E-state index in [2.05, 4.69) is 0 Å². The zero-order chi connectivity index (χ0) is 20.7. The summed E-state index contributed by atoms with van der Waals surface area (Å²) in [4.78, 5) is 28.0. The number of likely N-dealkylation sites (N-methyl/N-ethyl adjacent to an activating group) is 1. The minimum atomic E-state index is -0.486. The van der Waals surface area contributed by atoms with Gasteiger partial charge < -0.3 is 19.3 Å². The molecule has 1 aromatic carbocycles. The van der Waals surface area contributed by atoms with Gasteiger partial charge in [-0.15, -0.1) is 0 Å². The van der Waals surface area contributed by atoms with Gasteiger partial charge in [0.1, 0.15) is 18.0 Å². The first-order chi connectivity index (χ1) is 13.1. The maximum atomic E-state index is 12.5. The molecule has 1 aliphatic rings. The Morgan fingerprint density at radius 3 is 2.54 bits per heavy atom. The molecule has 1 saturated heterocycles. The van der Waals surface area contributed by atoms with Gasteiger partial charge in [-0.1, -0.05) is 17.7 Å². The minimum absolute atomic E-state index is 0.102. The van der Waals surface area contributed by atoms with Crippen LogP contribution in [-0.2, 0) is 9.53 Å². The fraction of sp³-hybridized carbons (Fsp3) is 0.619. The predicted molar refractivity (Wildman–Crippen MR) is 110 cm³/mol. The molecule has 1 aliphatic heterocycles. The molecule has 2 amide bonds. The first-order valence-electron chi connectivity index (χ1n) is 9.74. The second-order valence-corrected chi connectivity index (χ2v) is 8.67. The molecule has 1 aromatic rings. The molecule has 0 unspecified atom stereocenters. The van der Waals surface area contributed by atoms with E-state index < -0.39 is 5.60 Å². The van der Waals surface area contributed by atoms with Crippen LogP contribution < -0.4 is 4.74 Å². The van der Waals surface area contributed by atoms with Crippen LogP contribution in [-0.4, -0.2) is 60.7 Å². The molecule has 2 rings (SSSR count). The summed E-state index contributed by atoms with van der Waals surface area (Å²) in [5.41, 5.74) is -0.486. The number of likely N-dealkylation sites (tertiary alicyclic amines) is 1. The van der Waals surface area contributed by atoms with Gasteiger partial charge in [-0.05, 0) is 57.7 Å². The number of amides is 2. The Kier molecular flexibility index (Phi) is 7.98. The minimum Gasteiger partial charge on any atom is -0.492 e. The van der Waals surface area contributed by atoms with Crippen molar-refractivity contribution in [3.63, 3.8) is 0 Å². The molecule has 6 nitrogen and oxygen atoms in total. The second kappa shape index (κ2) is 10.0. The Morgan fingerprint density at radius 1 is 1.25 bits per heavy atom. The van der Waals surface area contributed by atoms with Crippen LogP contribution in [0.5, 0.6) is 5.75 Å². The van der Waals surface area contributed by atoms with Crippen LogP contribution in [0.15, 0.2) is 24.3 Å². The monoisotopic (exact) mass is 410 g/mol. The van der Waals surface area contributed by atoms with Crippen molar-refractivity contribution in [1.82, 2.24) is 9.80 Å². The number of halogens is 1. The highest BCUT2D eigenvalue weighted by Crippen LogP contribution is 2.23. The van der Waals surface area contributed by atoms with E-state index in [1.54, 1.807) is 29.0 Å². The van der Waals surface area contributed by atoms with E-state index in [-0.39, 0.29) is 12.0 Å². The van der Waals surface area contributed by atoms with Crippen molar-refractivity contribution in [1.29, 1.82) is 0 Å². The largest absolute Gasteiger partial charge is 0.492 e. The summed E-state index contributed by atoms with van der Waals surface area (Å²) >= 11 is 5.93. The number of carbonyl (C=O) groups is 2. The molecule has 0 spiro atoms. The molecule has 0 bridgehead atoms. The molecule has 0 atom stereocenters. The number of nitrogens with zero attached hydrogens (tertiary/aromatic N) is 2. The first-order valence-corrected chi connectivity index (χ1v) is 10.1. The number of ether oxygens (including phenoxy) is 2. The molecule has 28 heavy (non-hydrogen) atoms. The number of carbonyl (C=O) groups excluding carboxylic acids is 2. The number of benzene rings is 1. The Labute approximate surface area is 172 Å². The van der Waals surface area contributed by atoms with Crippen LogP contribution in [0.2, 0.25) is 5.02 Å². The summed E-state index contributed by atoms with van der Waals surface area (Å²) in [6.45, 7) is 7.79. The van der Waals surface area contributed by atoms with Gasteiger partial charge in [-0.2, -0.15) is 0 Å². The van der Waals surface area contributed by atoms with Crippen molar-refractivity contribution in [2.75, 3.05) is 33.3 Å². The lowest BCUT2D eigenvalue weighted by molar-refractivity contribution is -0.131. The van der Waals surface area contributed by atoms with Gasteiger partial charge in [0.15, 0.2) is 0 Å². The van der Waals surface area contributed by atoms with E-state index in [1.165, 1.54) is 0 Å². The van der Waals surface area contributed by atoms with E-state index in [0.29, 0.717) is 49.4 Å². The first kappa shape index (κ1) is 22.3. The molecule has 0 aromatic heterocycles. The quantitative estimate of drug-likeness (QED) is 0.704. The third kappa shape index (κ3) is 7.58. The molecule has 0 N–H and O–H groups in total. The predicted octanol–water partition coefficient (Wildman–Crippen LogP) is 4.21. The van der Waals surface area contributed by atoms with Gasteiger partial charge in [-0.25, -0.2) is 4.79 Å². The average molecular weight is 411 g/mol. The summed E-state index contributed by atoms with van der Waals surface area (Å²) in [5.74, 6) is 1.09. The lowest BCUT2D eigenvalue weighted by Crippen LogP contribution is -2.42. The van der Waals surface area contributed by atoms with Crippen molar-refractivity contribution in [3.05, 3.63) is 29.3 Å². The highest BCUT2D eigenvalue weighted by molar-refractivity contribution is 6.30. The van der Waals surface area contributed by atoms with Gasteiger partial charge >= 0.3 is 6.09 Å². The maximum absolute atomic E-state index is 12.5. The molecule has 7 heteroatoms. The van der Waals surface area contributed by atoms with Crippen LogP contribution in [0.1, 0.15) is 40.0 Å². The van der Waals surface area contributed by atoms with Crippen molar-refractivity contribution in [3.8, 4) is 5.75 Å². The zero-order valence-electron chi connectivity index (χ0n) is 17.2. The normalized spacial score (nSPS) is 15.2. The second-order valence-electron chi connectivity index (χ2n) is 8.24. The fourth-order valence-corrected chi connectivity index (χ4v) is 3.21. The SMILES string of the molecule is CN(CCOc1cccc(Cl)c1)C(=O)CC1CCN(C(=O)OC(C)(C)C)CC1. The van der Waals surface area contributed by atoms with Gasteiger partial charge in [0.25, 0.3) is 0 Å². The van der Waals surface area contributed by atoms with Crippen LogP contribution in [0.25, 0.3) is 0 Å². The highest BCUT2D eigenvalue weighted by Gasteiger charge is 2.28. The maximum Gasteiger partial charge on any atom is 0.410 e. The molecule has 1 heterocycles. The third-order valence-corrected chi connectivity index (χ3v) is 4.88. The molecule has 0 saturated carbocycles. The van der Waals surface area contributed by atoms with E-state index in [9.17, 15) is 9.59 Å². The summed E-state index contributed by atoms with van der Waals surface area (Å²) in [7, 11) is 1.79. The Bertz CT molecular complexity index is 667. The topological polar surface area (TPSA) is 59.1 Å². The Hall–Kier alpha value is -1.95. The standard InChI is InChI=1S/C21H31ClN2O4/c1-21(2,3)28-20(26)24-10-8-16(9-11-24)14-19(25)23(4)12-13-27-18-7-5-6-17(22)15-18/h5-7,15-16H,8-14H2,1-4H3. The van der Waals surface area contributed by atoms with Gasteiger partial charge in [0.05, 0.1) is 6.54 Å². The summed E-state index contributed by atoms with van der Waals surface area (Å²) in [5, 5.41) is 0.625. The van der Waals surface area contributed by atoms with Crippen LogP contribution in [0.4, 0.5) is 4.79 Å². The average Bonchev–Trinajstić information content (AvgIpc) is 2.60. The van der Waals surface area contributed by atoms with Gasteiger partial charge in [0, 0.05) is 31.6 Å². The van der Waals surface area contributed by atoms with Crippen molar-refractivity contribution in [2.45, 2.75) is 45.6 Å². The molecule has 156 valence electrons. The summed E-state index contributed by atoms with van der Waals surface area (Å²) in [6, 6.07) is 7.21. The molecule has 1 fully saturated rings. The van der Waals surface area contributed by atoms with E-state index >= 15 is 0 Å². The van der Waals surface area contributed by atoms with Crippen molar-refractivity contribution >= 4 is 23.6 Å². The number of piperidine rings is 1. The van der Waals surface area contributed by atoms with Crippen molar-refractivity contribution in [2.24, 2.45) is 5.92 Å².